The van der Waals surface area contributed by atoms with Gasteiger partial charge in [-0.2, -0.15) is 0 Å². The molecule has 1 atom stereocenters. The normalized spacial score (nSPS) is 18.9. The number of fused-ring (bicyclic) bond motifs is 3. The van der Waals surface area contributed by atoms with Gasteiger partial charge in [0.1, 0.15) is 11.3 Å². The van der Waals surface area contributed by atoms with Crippen molar-refractivity contribution in [3.63, 3.8) is 0 Å². The van der Waals surface area contributed by atoms with Crippen LogP contribution in [0.2, 0.25) is 5.02 Å². The van der Waals surface area contributed by atoms with Crippen molar-refractivity contribution in [2.45, 2.75) is 42.4 Å². The van der Waals surface area contributed by atoms with Gasteiger partial charge < -0.3 is 19.1 Å². The first kappa shape index (κ1) is 21.9. The number of nitrogens with zero attached hydrogens (tertiary/aromatic N) is 1. The second-order valence-electron chi connectivity index (χ2n) is 7.73. The minimum absolute atomic E-state index is 0.0236. The van der Waals surface area contributed by atoms with Crippen LogP contribution in [0, 0.1) is 0 Å². The number of methoxy groups -OCH3 is 1. The smallest absolute Gasteiger partial charge is 0.341 e. The number of carboxylic acids is 1. The van der Waals surface area contributed by atoms with Gasteiger partial charge in [0, 0.05) is 37.8 Å². The number of ether oxygens (including phenoxy) is 2. The van der Waals surface area contributed by atoms with Gasteiger partial charge in [-0.3, -0.25) is 4.79 Å². The molecule has 1 N–H and O–H groups in total. The third-order valence-electron chi connectivity index (χ3n) is 5.66. The van der Waals surface area contributed by atoms with Crippen LogP contribution < -0.4 is 10.3 Å². The number of carbonyl (C=O) groups is 1. The summed E-state index contributed by atoms with van der Waals surface area (Å²) in [6.45, 7) is 2.29. The number of aromatic carboxylic acids is 1. The molecule has 1 aliphatic carbocycles. The minimum Gasteiger partial charge on any atom is -0.492 e. The summed E-state index contributed by atoms with van der Waals surface area (Å²) >= 11 is 6.41. The lowest BCUT2D eigenvalue weighted by Gasteiger charge is -2.29. The predicted molar refractivity (Wildman–Crippen MR) is 114 cm³/mol. The van der Waals surface area contributed by atoms with E-state index in [2.05, 4.69) is 0 Å². The monoisotopic (exact) mass is 467 g/mol. The molecule has 0 radical (unpaired) electrons. The van der Waals surface area contributed by atoms with Crippen LogP contribution in [0.4, 0.5) is 0 Å². The lowest BCUT2D eigenvalue weighted by atomic mass is 9.99. The van der Waals surface area contributed by atoms with E-state index in [-0.39, 0.29) is 21.7 Å². The quantitative estimate of drug-likeness (QED) is 0.620. The number of hydrogen-bond donors (Lipinski definition) is 1. The Kier molecular flexibility index (Phi) is 5.61. The average molecular weight is 468 g/mol. The first-order valence-electron chi connectivity index (χ1n) is 9.90. The Morgan fingerprint density at radius 2 is 1.97 bits per heavy atom. The third-order valence-corrected chi connectivity index (χ3v) is 8.09. The Morgan fingerprint density at radius 1 is 1.26 bits per heavy atom. The van der Waals surface area contributed by atoms with Crippen LogP contribution in [0.3, 0.4) is 0 Å². The molecule has 1 unspecified atom stereocenters. The summed E-state index contributed by atoms with van der Waals surface area (Å²) < 4.78 is 38.7. The summed E-state index contributed by atoms with van der Waals surface area (Å²) in [4.78, 5) is 24.6. The van der Waals surface area contributed by atoms with Crippen molar-refractivity contribution < 1.29 is 27.8 Å². The van der Waals surface area contributed by atoms with E-state index in [1.165, 1.54) is 29.7 Å². The topological polar surface area (TPSA) is 112 Å². The molecular formula is C21H22ClNO7S. The van der Waals surface area contributed by atoms with E-state index >= 15 is 0 Å². The Bertz CT molecular complexity index is 1230. The molecule has 1 saturated carbocycles. The zero-order chi connectivity index (χ0) is 22.5. The first-order chi connectivity index (χ1) is 14.7. The molecule has 0 saturated heterocycles. The first-order valence-corrected chi connectivity index (χ1v) is 11.8. The highest BCUT2D eigenvalue weighted by molar-refractivity contribution is 7.92. The van der Waals surface area contributed by atoms with E-state index in [9.17, 15) is 23.1 Å². The van der Waals surface area contributed by atoms with Crippen molar-refractivity contribution >= 4 is 27.4 Å². The fraction of sp³-hybridized carbons (Fsp3) is 0.429. The summed E-state index contributed by atoms with van der Waals surface area (Å²) in [5.41, 5.74) is -0.0604. The summed E-state index contributed by atoms with van der Waals surface area (Å²) in [6, 6.07) is 3.91. The maximum atomic E-state index is 13.3. The number of rotatable bonds is 7. The van der Waals surface area contributed by atoms with Gasteiger partial charge in [0.15, 0.2) is 9.84 Å². The molecular weight excluding hydrogens is 446 g/mol. The van der Waals surface area contributed by atoms with Gasteiger partial charge >= 0.3 is 5.97 Å². The molecule has 4 rings (SSSR count). The summed E-state index contributed by atoms with van der Waals surface area (Å²) in [6.07, 6.45) is 2.05. The molecule has 1 aromatic carbocycles. The number of benzene rings is 1. The van der Waals surface area contributed by atoms with Crippen molar-refractivity contribution in [2.24, 2.45) is 0 Å². The second-order valence-corrected chi connectivity index (χ2v) is 10.4. The van der Waals surface area contributed by atoms with Crippen molar-refractivity contribution in [1.29, 1.82) is 0 Å². The summed E-state index contributed by atoms with van der Waals surface area (Å²) in [5.74, 6) is -1.14. The molecule has 1 aromatic heterocycles. The standard InChI is InChI=1S/C21H22ClNO7S/c1-11-13-8-15(21(25)26)20(24)23(12-4-5-12)19(13)14-9-16(22)17(30-7-3-6-29-2)10-18(14)31(11,27)28/h8-12H,3-7H2,1-2H3,(H,25,26). The van der Waals surface area contributed by atoms with E-state index in [0.29, 0.717) is 36.5 Å². The molecule has 2 heterocycles. The van der Waals surface area contributed by atoms with E-state index in [4.69, 9.17) is 21.1 Å². The number of hydrogen-bond acceptors (Lipinski definition) is 6. The van der Waals surface area contributed by atoms with Crippen molar-refractivity contribution in [3.8, 4) is 17.0 Å². The largest absolute Gasteiger partial charge is 0.492 e. The van der Waals surface area contributed by atoms with Crippen molar-refractivity contribution in [1.82, 2.24) is 4.57 Å². The Labute approximate surface area is 184 Å². The highest BCUT2D eigenvalue weighted by Crippen LogP contribution is 2.49. The van der Waals surface area contributed by atoms with Crippen molar-refractivity contribution in [2.75, 3.05) is 20.3 Å². The third kappa shape index (κ3) is 3.64. The lowest BCUT2D eigenvalue weighted by Crippen LogP contribution is -2.31. The van der Waals surface area contributed by atoms with Crippen LogP contribution in [0.25, 0.3) is 11.3 Å². The molecule has 2 aliphatic rings. The molecule has 0 bridgehead atoms. The van der Waals surface area contributed by atoms with Gasteiger partial charge in [-0.15, -0.1) is 0 Å². The van der Waals surface area contributed by atoms with Crippen LogP contribution in [0.15, 0.2) is 27.9 Å². The molecule has 8 nitrogen and oxygen atoms in total. The lowest BCUT2D eigenvalue weighted by molar-refractivity contribution is 0.0694. The highest BCUT2D eigenvalue weighted by atomic mass is 35.5. The van der Waals surface area contributed by atoms with Gasteiger partial charge in [0.05, 0.1) is 27.5 Å². The molecule has 0 amide bonds. The molecule has 10 heteroatoms. The number of carboxylic acid groups (broad SMARTS) is 1. The summed E-state index contributed by atoms with van der Waals surface area (Å²) in [7, 11) is -2.28. The molecule has 2 aromatic rings. The van der Waals surface area contributed by atoms with Crippen LogP contribution in [0.5, 0.6) is 5.75 Å². The van der Waals surface area contributed by atoms with Gasteiger partial charge in [0.25, 0.3) is 5.56 Å². The van der Waals surface area contributed by atoms with E-state index < -0.39 is 32.2 Å². The van der Waals surface area contributed by atoms with Crippen LogP contribution >= 0.6 is 11.6 Å². The van der Waals surface area contributed by atoms with Crippen molar-refractivity contribution in [3.05, 3.63) is 44.7 Å². The fourth-order valence-corrected chi connectivity index (χ4v) is 5.74. The van der Waals surface area contributed by atoms with Gasteiger partial charge in [-0.05, 0) is 37.5 Å². The van der Waals surface area contributed by atoms with E-state index in [1.54, 1.807) is 7.11 Å². The number of aromatic nitrogens is 1. The molecule has 1 aliphatic heterocycles. The minimum atomic E-state index is -3.86. The fourth-order valence-electron chi connectivity index (χ4n) is 3.89. The Hall–Kier alpha value is -2.36. The Balaban J connectivity index is 1.95. The van der Waals surface area contributed by atoms with Crippen LogP contribution in [0.1, 0.15) is 53.4 Å². The SMILES string of the molecule is COCCCOc1cc2c(cc1Cl)-c1c(cc(C(=O)O)c(=O)n1C1CC1)C(C)S2(=O)=O. The van der Waals surface area contributed by atoms with E-state index in [1.807, 2.05) is 0 Å². The maximum Gasteiger partial charge on any atom is 0.341 e. The maximum absolute atomic E-state index is 13.3. The predicted octanol–water partition coefficient (Wildman–Crippen LogP) is 3.47. The highest BCUT2D eigenvalue weighted by Gasteiger charge is 2.41. The summed E-state index contributed by atoms with van der Waals surface area (Å²) in [5, 5.41) is 8.68. The Morgan fingerprint density at radius 3 is 2.58 bits per heavy atom. The average Bonchev–Trinajstić information content (AvgIpc) is 3.54. The van der Waals surface area contributed by atoms with Crippen LogP contribution in [-0.4, -0.2) is 44.4 Å². The number of sulfone groups is 1. The molecule has 31 heavy (non-hydrogen) atoms. The van der Waals surface area contributed by atoms with Gasteiger partial charge in [-0.1, -0.05) is 11.6 Å². The number of halogens is 1. The number of pyridine rings is 1. The van der Waals surface area contributed by atoms with Gasteiger partial charge in [0.2, 0.25) is 0 Å². The zero-order valence-corrected chi connectivity index (χ0v) is 18.6. The molecule has 0 spiro atoms. The zero-order valence-electron chi connectivity index (χ0n) is 17.1. The molecule has 1 fully saturated rings. The molecule has 166 valence electrons. The van der Waals surface area contributed by atoms with Crippen LogP contribution in [-0.2, 0) is 14.6 Å². The van der Waals surface area contributed by atoms with E-state index in [0.717, 1.165) is 12.8 Å². The van der Waals surface area contributed by atoms with Gasteiger partial charge in [-0.25, -0.2) is 13.2 Å². The second kappa shape index (κ2) is 7.96.